The average Bonchev–Trinajstić information content (AvgIpc) is 3.06. The number of amides is 1. The summed E-state index contributed by atoms with van der Waals surface area (Å²) in [7, 11) is 2.99. The van der Waals surface area contributed by atoms with Crippen molar-refractivity contribution in [3.05, 3.63) is 58.9 Å². The predicted molar refractivity (Wildman–Crippen MR) is 95.1 cm³/mol. The molecule has 0 N–H and O–H groups in total. The molecule has 0 unspecified atom stereocenters. The maximum Gasteiger partial charge on any atom is 0.253 e. The molecule has 1 aromatic carbocycles. The van der Waals surface area contributed by atoms with Crippen molar-refractivity contribution in [1.82, 2.24) is 14.4 Å². The molecular formula is C20H21F4N3O. The summed E-state index contributed by atoms with van der Waals surface area (Å²) in [5.41, 5.74) is -0.460. The van der Waals surface area contributed by atoms with Crippen molar-refractivity contribution in [3.8, 4) is 0 Å². The van der Waals surface area contributed by atoms with E-state index in [1.165, 1.54) is 19.0 Å². The van der Waals surface area contributed by atoms with E-state index in [1.807, 2.05) is 10.8 Å². The highest BCUT2D eigenvalue weighted by molar-refractivity contribution is 5.93. The zero-order chi connectivity index (χ0) is 20.3. The lowest BCUT2D eigenvalue weighted by atomic mass is 9.68. The van der Waals surface area contributed by atoms with Crippen molar-refractivity contribution < 1.29 is 22.4 Å². The largest absolute Gasteiger partial charge is 0.348 e. The van der Waals surface area contributed by atoms with E-state index >= 15 is 0 Å². The number of carbonyl (C=O) groups is 1. The Morgan fingerprint density at radius 3 is 2.36 bits per heavy atom. The molecule has 28 heavy (non-hydrogen) atoms. The molecule has 1 aromatic heterocycles. The first-order valence-electron chi connectivity index (χ1n) is 9.11. The van der Waals surface area contributed by atoms with E-state index in [2.05, 4.69) is 0 Å². The highest BCUT2D eigenvalue weighted by atomic mass is 19.3. The number of carbonyl (C=O) groups excluding carboxylic acids is 1. The van der Waals surface area contributed by atoms with Crippen LogP contribution in [0.5, 0.6) is 0 Å². The molecule has 0 saturated heterocycles. The molecule has 2 heterocycles. The summed E-state index contributed by atoms with van der Waals surface area (Å²) in [6.07, 6.45) is 1.10. The van der Waals surface area contributed by atoms with Gasteiger partial charge in [-0.3, -0.25) is 9.69 Å². The molecule has 1 aliphatic heterocycles. The highest BCUT2D eigenvalue weighted by Crippen LogP contribution is 2.56. The first-order valence-corrected chi connectivity index (χ1v) is 9.11. The Morgan fingerprint density at radius 2 is 1.79 bits per heavy atom. The quantitative estimate of drug-likeness (QED) is 0.743. The Kier molecular flexibility index (Phi) is 4.30. The van der Waals surface area contributed by atoms with Gasteiger partial charge in [-0.1, -0.05) is 0 Å². The molecule has 1 spiro atoms. The van der Waals surface area contributed by atoms with Crippen molar-refractivity contribution in [1.29, 1.82) is 0 Å². The fourth-order valence-corrected chi connectivity index (χ4v) is 4.40. The van der Waals surface area contributed by atoms with Gasteiger partial charge in [-0.25, -0.2) is 17.6 Å². The Morgan fingerprint density at radius 1 is 1.14 bits per heavy atom. The van der Waals surface area contributed by atoms with E-state index in [0.717, 1.165) is 17.8 Å². The van der Waals surface area contributed by atoms with Gasteiger partial charge in [-0.05, 0) is 24.3 Å². The van der Waals surface area contributed by atoms with Crippen LogP contribution in [0.25, 0.3) is 0 Å². The number of fused-ring (bicyclic) bond motifs is 2. The first-order chi connectivity index (χ1) is 13.1. The molecule has 1 fully saturated rings. The Hall–Kier alpha value is -2.35. The molecule has 2 aromatic rings. The summed E-state index contributed by atoms with van der Waals surface area (Å²) in [4.78, 5) is 15.0. The smallest absolute Gasteiger partial charge is 0.253 e. The lowest BCUT2D eigenvalue weighted by molar-refractivity contribution is -0.193. The number of benzene rings is 1. The summed E-state index contributed by atoms with van der Waals surface area (Å²) >= 11 is 0. The van der Waals surface area contributed by atoms with E-state index in [0.29, 0.717) is 13.1 Å². The normalized spacial score (nSPS) is 19.9. The number of nitrogens with zero attached hydrogens (tertiary/aromatic N) is 3. The van der Waals surface area contributed by atoms with Crippen LogP contribution in [0.15, 0.2) is 30.5 Å². The molecule has 150 valence electrons. The fraction of sp³-hybridized carbons (Fsp3) is 0.450. The molecule has 0 radical (unpaired) electrons. The van der Waals surface area contributed by atoms with Crippen molar-refractivity contribution >= 4 is 5.91 Å². The minimum absolute atomic E-state index is 0.0823. The zero-order valence-electron chi connectivity index (χ0n) is 15.7. The number of alkyl halides is 2. The van der Waals surface area contributed by atoms with Crippen LogP contribution in [0, 0.1) is 11.6 Å². The molecule has 4 nitrogen and oxygen atoms in total. The maximum atomic E-state index is 14.7. The van der Waals surface area contributed by atoms with Gasteiger partial charge < -0.3 is 9.47 Å². The van der Waals surface area contributed by atoms with E-state index in [9.17, 15) is 22.4 Å². The Balaban J connectivity index is 1.67. The predicted octanol–water partition coefficient (Wildman–Crippen LogP) is 3.61. The third-order valence-corrected chi connectivity index (χ3v) is 5.77. The van der Waals surface area contributed by atoms with E-state index < -0.39 is 29.0 Å². The second-order valence-electron chi connectivity index (χ2n) is 7.87. The van der Waals surface area contributed by atoms with Crippen molar-refractivity contribution in [2.75, 3.05) is 20.6 Å². The fourth-order valence-electron chi connectivity index (χ4n) is 4.40. The second kappa shape index (κ2) is 6.34. The molecule has 0 atom stereocenters. The van der Waals surface area contributed by atoms with E-state index in [4.69, 9.17) is 0 Å². The molecule has 1 saturated carbocycles. The van der Waals surface area contributed by atoms with E-state index in [-0.39, 0.29) is 30.5 Å². The SMILES string of the molecule is CN(C)C(=O)c1cc(F)c(CN2CCn3cccc3C23CC(F)(F)C3)c(F)c1. The number of hydrogen-bond donors (Lipinski definition) is 0. The summed E-state index contributed by atoms with van der Waals surface area (Å²) < 4.78 is 58.9. The molecule has 4 rings (SSSR count). The van der Waals surface area contributed by atoms with Gasteiger partial charge in [0.2, 0.25) is 0 Å². The number of halogens is 4. The summed E-state index contributed by atoms with van der Waals surface area (Å²) in [6.45, 7) is 0.848. The molecule has 1 amide bonds. The lowest BCUT2D eigenvalue weighted by Crippen LogP contribution is -2.63. The van der Waals surface area contributed by atoms with Crippen LogP contribution in [0.3, 0.4) is 0 Å². The van der Waals surface area contributed by atoms with Crippen LogP contribution in [-0.2, 0) is 18.6 Å². The van der Waals surface area contributed by atoms with Crippen LogP contribution < -0.4 is 0 Å². The molecular weight excluding hydrogens is 374 g/mol. The Labute approximate surface area is 160 Å². The third kappa shape index (κ3) is 2.90. The van der Waals surface area contributed by atoms with Crippen LogP contribution in [-0.4, -0.2) is 46.8 Å². The molecule has 2 aliphatic rings. The van der Waals surface area contributed by atoms with Gasteiger partial charge in [0, 0.05) is 69.6 Å². The van der Waals surface area contributed by atoms with Gasteiger partial charge in [0.1, 0.15) is 11.6 Å². The topological polar surface area (TPSA) is 28.5 Å². The van der Waals surface area contributed by atoms with Crippen LogP contribution in [0.4, 0.5) is 17.6 Å². The summed E-state index contributed by atoms with van der Waals surface area (Å²) in [5, 5.41) is 0. The standard InChI is InChI=1S/C20H21F4N3O/c1-25(2)18(28)13-8-15(21)14(16(22)9-13)10-27-7-6-26-5-3-4-17(26)19(27)11-20(23,24)12-19/h3-5,8-9H,6-7,10-12H2,1-2H3. The highest BCUT2D eigenvalue weighted by Gasteiger charge is 2.62. The first kappa shape index (κ1) is 19.0. The van der Waals surface area contributed by atoms with Crippen molar-refractivity contribution in [3.63, 3.8) is 0 Å². The van der Waals surface area contributed by atoms with Crippen LogP contribution in [0.2, 0.25) is 0 Å². The summed E-state index contributed by atoms with van der Waals surface area (Å²) in [6, 6.07) is 5.62. The minimum Gasteiger partial charge on any atom is -0.348 e. The van der Waals surface area contributed by atoms with Gasteiger partial charge >= 0.3 is 0 Å². The second-order valence-corrected chi connectivity index (χ2v) is 7.87. The average molecular weight is 395 g/mol. The van der Waals surface area contributed by atoms with E-state index in [1.54, 1.807) is 17.0 Å². The minimum atomic E-state index is -2.79. The number of hydrogen-bond acceptors (Lipinski definition) is 2. The lowest BCUT2D eigenvalue weighted by Gasteiger charge is -2.56. The maximum absolute atomic E-state index is 14.7. The number of rotatable bonds is 3. The monoisotopic (exact) mass is 395 g/mol. The Bertz CT molecular complexity index is 906. The summed E-state index contributed by atoms with van der Waals surface area (Å²) in [5.74, 6) is -4.97. The molecule has 1 aliphatic carbocycles. The molecule has 8 heteroatoms. The van der Waals surface area contributed by atoms with Gasteiger partial charge in [-0.2, -0.15) is 0 Å². The van der Waals surface area contributed by atoms with Gasteiger partial charge in [0.25, 0.3) is 11.8 Å². The van der Waals surface area contributed by atoms with Gasteiger partial charge in [0.05, 0.1) is 5.54 Å². The molecule has 0 bridgehead atoms. The van der Waals surface area contributed by atoms with Crippen LogP contribution >= 0.6 is 0 Å². The van der Waals surface area contributed by atoms with Crippen molar-refractivity contribution in [2.24, 2.45) is 0 Å². The van der Waals surface area contributed by atoms with Gasteiger partial charge in [0.15, 0.2) is 0 Å². The van der Waals surface area contributed by atoms with Crippen LogP contribution in [0.1, 0.15) is 34.5 Å². The van der Waals surface area contributed by atoms with Crippen molar-refractivity contribution in [2.45, 2.75) is 37.4 Å². The zero-order valence-corrected chi connectivity index (χ0v) is 15.7. The third-order valence-electron chi connectivity index (χ3n) is 5.77. The van der Waals surface area contributed by atoms with Gasteiger partial charge in [-0.15, -0.1) is 0 Å². The number of aromatic nitrogens is 1.